The summed E-state index contributed by atoms with van der Waals surface area (Å²) in [5, 5.41) is 28.9. The molecule has 0 heterocycles. The lowest BCUT2D eigenvalue weighted by Crippen LogP contribution is -2.03. The Labute approximate surface area is 184 Å². The number of esters is 1. The monoisotopic (exact) mass is 422 g/mol. The molecule has 0 amide bonds. The van der Waals surface area contributed by atoms with Gasteiger partial charge < -0.3 is 9.84 Å². The molecule has 0 aliphatic heterocycles. The predicted molar refractivity (Wildman–Crippen MR) is 123 cm³/mol. The normalized spacial score (nSPS) is 11.2. The molecule has 0 bridgehead atoms. The number of fused-ring (bicyclic) bond motifs is 1. The zero-order chi connectivity index (χ0) is 22.3. The fourth-order valence-electron chi connectivity index (χ4n) is 2.93. The van der Waals surface area contributed by atoms with Crippen LogP contribution >= 0.6 is 0 Å². The lowest BCUT2D eigenvalue weighted by Gasteiger charge is -2.09. The molecule has 0 saturated carbocycles. The van der Waals surface area contributed by atoms with Gasteiger partial charge in [-0.05, 0) is 47.9 Å². The molecule has 0 unspecified atom stereocenters. The molecule has 0 saturated heterocycles. The summed E-state index contributed by atoms with van der Waals surface area (Å²) < 4.78 is 5.14. The highest BCUT2D eigenvalue weighted by atomic mass is 16.5. The Hall–Kier alpha value is -4.65. The van der Waals surface area contributed by atoms with Crippen LogP contribution in [0.3, 0.4) is 0 Å². The van der Waals surface area contributed by atoms with Gasteiger partial charge in [0.1, 0.15) is 5.69 Å². The lowest BCUT2D eigenvalue weighted by molar-refractivity contribution is -0.129. The Bertz CT molecular complexity index is 1330. The number of hydrogen-bond donors (Lipinski definition) is 1. The summed E-state index contributed by atoms with van der Waals surface area (Å²) >= 11 is 0. The average Bonchev–Trinajstić information content (AvgIpc) is 2.84. The van der Waals surface area contributed by atoms with E-state index in [-0.39, 0.29) is 17.2 Å². The van der Waals surface area contributed by atoms with Crippen LogP contribution in [-0.2, 0) is 4.79 Å². The Morgan fingerprint density at radius 2 is 1.34 bits per heavy atom. The molecule has 0 fully saturated rings. The van der Waals surface area contributed by atoms with Crippen molar-refractivity contribution >= 4 is 39.5 Å². The molecule has 1 N–H and O–H groups in total. The fourth-order valence-corrected chi connectivity index (χ4v) is 2.93. The van der Waals surface area contributed by atoms with Gasteiger partial charge in [0.05, 0.1) is 17.1 Å². The van der Waals surface area contributed by atoms with Crippen LogP contribution in [0.4, 0.5) is 22.7 Å². The van der Waals surface area contributed by atoms with Gasteiger partial charge in [-0.2, -0.15) is 15.3 Å². The summed E-state index contributed by atoms with van der Waals surface area (Å²) in [6, 6.07) is 25.3. The van der Waals surface area contributed by atoms with Gasteiger partial charge in [0.15, 0.2) is 11.5 Å². The number of hydrogen-bond acceptors (Lipinski definition) is 7. The summed E-state index contributed by atoms with van der Waals surface area (Å²) in [6.07, 6.45) is 1.02. The highest BCUT2D eigenvalue weighted by Gasteiger charge is 2.15. The van der Waals surface area contributed by atoms with Crippen molar-refractivity contribution in [1.82, 2.24) is 0 Å². The molecule has 0 aliphatic rings. The van der Waals surface area contributed by atoms with Crippen LogP contribution in [-0.4, -0.2) is 11.1 Å². The molecule has 156 valence electrons. The first-order valence-corrected chi connectivity index (χ1v) is 9.71. The Morgan fingerprint density at radius 1 is 0.781 bits per heavy atom. The summed E-state index contributed by atoms with van der Waals surface area (Å²) in [7, 11) is 0. The molecule has 0 spiro atoms. The first-order valence-electron chi connectivity index (χ1n) is 9.71. The fraction of sp³-hybridized carbons (Fsp3) is 0. The van der Waals surface area contributed by atoms with Crippen LogP contribution in [0.2, 0.25) is 0 Å². The van der Waals surface area contributed by atoms with Crippen LogP contribution in [0.5, 0.6) is 11.5 Å². The minimum absolute atomic E-state index is 0.0146. The molecular formula is C25H18N4O3. The van der Waals surface area contributed by atoms with Gasteiger partial charge in [-0.25, -0.2) is 4.79 Å². The zero-order valence-electron chi connectivity index (χ0n) is 16.9. The smallest absolute Gasteiger partial charge is 0.335 e. The third kappa shape index (κ3) is 4.73. The van der Waals surface area contributed by atoms with Crippen molar-refractivity contribution in [3.05, 3.63) is 97.6 Å². The van der Waals surface area contributed by atoms with E-state index in [0.29, 0.717) is 16.8 Å². The van der Waals surface area contributed by atoms with Crippen LogP contribution < -0.4 is 4.74 Å². The largest absolute Gasteiger partial charge is 0.503 e. The van der Waals surface area contributed by atoms with Crippen molar-refractivity contribution in [3.63, 3.8) is 0 Å². The van der Waals surface area contributed by atoms with Crippen LogP contribution in [0.1, 0.15) is 0 Å². The molecule has 0 aromatic heterocycles. The number of aromatic hydroxyl groups is 1. The SMILES string of the molecule is C=CC(=O)Oc1cc2ccccc2c(N=Nc2ccc(N=Nc3ccccc3)cc2)c1O. The summed E-state index contributed by atoms with van der Waals surface area (Å²) in [5.74, 6) is -0.978. The van der Waals surface area contributed by atoms with E-state index in [4.69, 9.17) is 4.74 Å². The molecular weight excluding hydrogens is 404 g/mol. The molecule has 0 aliphatic carbocycles. The van der Waals surface area contributed by atoms with E-state index in [0.717, 1.165) is 17.1 Å². The summed E-state index contributed by atoms with van der Waals surface area (Å²) in [4.78, 5) is 11.6. The number of benzene rings is 4. The highest BCUT2D eigenvalue weighted by Crippen LogP contribution is 2.43. The number of phenols is 1. The van der Waals surface area contributed by atoms with E-state index in [2.05, 4.69) is 27.0 Å². The van der Waals surface area contributed by atoms with Crippen molar-refractivity contribution < 1.29 is 14.6 Å². The van der Waals surface area contributed by atoms with E-state index in [9.17, 15) is 9.90 Å². The maximum absolute atomic E-state index is 11.6. The number of ether oxygens (including phenoxy) is 1. The predicted octanol–water partition coefficient (Wildman–Crippen LogP) is 7.47. The maximum atomic E-state index is 11.6. The van der Waals surface area contributed by atoms with E-state index in [1.807, 2.05) is 48.5 Å². The van der Waals surface area contributed by atoms with Crippen molar-refractivity contribution in [2.24, 2.45) is 20.5 Å². The maximum Gasteiger partial charge on any atom is 0.335 e. The molecule has 32 heavy (non-hydrogen) atoms. The van der Waals surface area contributed by atoms with Gasteiger partial charge in [0.25, 0.3) is 0 Å². The van der Waals surface area contributed by atoms with Crippen molar-refractivity contribution in [2.45, 2.75) is 0 Å². The average molecular weight is 422 g/mol. The molecule has 4 rings (SSSR count). The first-order chi connectivity index (χ1) is 15.6. The third-order valence-electron chi connectivity index (χ3n) is 4.49. The van der Waals surface area contributed by atoms with Crippen molar-refractivity contribution in [3.8, 4) is 11.5 Å². The Balaban J connectivity index is 1.62. The van der Waals surface area contributed by atoms with E-state index < -0.39 is 5.97 Å². The molecule has 0 radical (unpaired) electrons. The quantitative estimate of drug-likeness (QED) is 0.151. The van der Waals surface area contributed by atoms with Gasteiger partial charge in [-0.3, -0.25) is 0 Å². The number of phenolic OH excluding ortho intramolecular Hbond substituents is 1. The topological polar surface area (TPSA) is 96.0 Å². The van der Waals surface area contributed by atoms with Gasteiger partial charge in [-0.15, -0.1) is 5.11 Å². The summed E-state index contributed by atoms with van der Waals surface area (Å²) in [5.41, 5.74) is 2.18. The van der Waals surface area contributed by atoms with Crippen LogP contribution in [0.15, 0.2) is 118 Å². The number of rotatable bonds is 6. The highest BCUT2D eigenvalue weighted by molar-refractivity contribution is 5.98. The van der Waals surface area contributed by atoms with Crippen molar-refractivity contribution in [2.75, 3.05) is 0 Å². The Kier molecular flexibility index (Phi) is 6.08. The second kappa shape index (κ2) is 9.44. The van der Waals surface area contributed by atoms with Gasteiger partial charge in [-0.1, -0.05) is 49.0 Å². The van der Waals surface area contributed by atoms with Gasteiger partial charge >= 0.3 is 5.97 Å². The Morgan fingerprint density at radius 3 is 2.00 bits per heavy atom. The molecule has 0 atom stereocenters. The third-order valence-corrected chi connectivity index (χ3v) is 4.49. The standard InChI is InChI=1S/C25H18N4O3/c1-2-23(30)32-22-16-17-8-6-7-11-21(17)24(25(22)31)29-28-20-14-12-19(13-15-20)27-26-18-9-4-3-5-10-18/h2-16,31H,1H2. The summed E-state index contributed by atoms with van der Waals surface area (Å²) in [6.45, 7) is 3.37. The van der Waals surface area contributed by atoms with Gasteiger partial charge in [0.2, 0.25) is 0 Å². The second-order valence-corrected chi connectivity index (χ2v) is 6.67. The van der Waals surface area contributed by atoms with E-state index in [1.165, 1.54) is 0 Å². The number of azo groups is 2. The number of carbonyl (C=O) groups is 1. The molecule has 7 heteroatoms. The molecule has 4 aromatic carbocycles. The van der Waals surface area contributed by atoms with Gasteiger partial charge in [0, 0.05) is 11.5 Å². The first kappa shape index (κ1) is 20.6. The van der Waals surface area contributed by atoms with E-state index in [1.54, 1.807) is 36.4 Å². The molecule has 7 nitrogen and oxygen atoms in total. The zero-order valence-corrected chi connectivity index (χ0v) is 16.9. The van der Waals surface area contributed by atoms with E-state index >= 15 is 0 Å². The van der Waals surface area contributed by atoms with Crippen LogP contribution in [0, 0.1) is 0 Å². The number of nitrogens with zero attached hydrogens (tertiary/aromatic N) is 4. The second-order valence-electron chi connectivity index (χ2n) is 6.67. The number of carbonyl (C=O) groups excluding carboxylic acids is 1. The molecule has 4 aromatic rings. The minimum Gasteiger partial charge on any atom is -0.503 e. The van der Waals surface area contributed by atoms with Crippen LogP contribution in [0.25, 0.3) is 10.8 Å². The minimum atomic E-state index is -0.682. The lowest BCUT2D eigenvalue weighted by atomic mass is 10.1. The van der Waals surface area contributed by atoms with Crippen molar-refractivity contribution in [1.29, 1.82) is 0 Å².